The first kappa shape index (κ1) is 8.77. The topological polar surface area (TPSA) is 65.8 Å². The summed E-state index contributed by atoms with van der Waals surface area (Å²) in [6.45, 7) is 0. The summed E-state index contributed by atoms with van der Waals surface area (Å²) in [5, 5.41) is 3.36. The van der Waals surface area contributed by atoms with E-state index < -0.39 is 0 Å². The Bertz CT molecular complexity index is 336. The van der Waals surface area contributed by atoms with Crippen LogP contribution in [-0.2, 0) is 0 Å². The molecule has 0 spiro atoms. The molecule has 1 aromatic rings. The Morgan fingerprint density at radius 1 is 1.50 bits per heavy atom. The molecule has 0 fully saturated rings. The number of azide groups is 1. The molecule has 0 heterocycles. The first-order chi connectivity index (χ1) is 5.75. The number of benzene rings is 1. The van der Waals surface area contributed by atoms with Crippen LogP contribution in [0.5, 0.6) is 0 Å². The summed E-state index contributed by atoms with van der Waals surface area (Å²) in [5.74, 6) is 0. The van der Waals surface area contributed by atoms with E-state index in [1.54, 1.807) is 24.3 Å². The van der Waals surface area contributed by atoms with Crippen LogP contribution in [0, 0.1) is 0 Å². The molecule has 4 nitrogen and oxygen atoms in total. The molecule has 0 bridgehead atoms. The van der Waals surface area contributed by atoms with Gasteiger partial charge in [0.05, 0.1) is 0 Å². The fourth-order valence-corrected chi connectivity index (χ4v) is 1.11. The van der Waals surface area contributed by atoms with Crippen molar-refractivity contribution in [2.45, 2.75) is 0 Å². The number of carbonyl (C=O) groups excluding carboxylic acids is 1. The zero-order valence-electron chi connectivity index (χ0n) is 5.94. The average Bonchev–Trinajstić information content (AvgIpc) is 2.05. The van der Waals surface area contributed by atoms with Gasteiger partial charge in [0, 0.05) is 16.2 Å². The highest BCUT2D eigenvalue weighted by atomic mass is 79.9. The second kappa shape index (κ2) is 3.90. The number of carbonyl (C=O) groups is 1. The molecule has 0 unspecified atom stereocenters. The van der Waals surface area contributed by atoms with Crippen LogP contribution in [0.1, 0.15) is 10.4 Å². The van der Waals surface area contributed by atoms with Crippen LogP contribution in [0.4, 0.5) is 5.69 Å². The number of hydrogen-bond donors (Lipinski definition) is 0. The third-order valence-electron chi connectivity index (χ3n) is 1.27. The molecule has 0 aromatic heterocycles. The van der Waals surface area contributed by atoms with E-state index in [2.05, 4.69) is 26.0 Å². The van der Waals surface area contributed by atoms with Gasteiger partial charge in [-0.25, -0.2) is 0 Å². The van der Waals surface area contributed by atoms with Gasteiger partial charge in [0.25, 0.3) is 0 Å². The lowest BCUT2D eigenvalue weighted by Crippen LogP contribution is -1.86. The molecule has 0 atom stereocenters. The zero-order chi connectivity index (χ0) is 8.97. The van der Waals surface area contributed by atoms with Gasteiger partial charge in [-0.05, 0) is 21.5 Å². The van der Waals surface area contributed by atoms with E-state index in [-0.39, 0.29) is 4.69 Å². The Morgan fingerprint density at radius 2 is 2.17 bits per heavy atom. The van der Waals surface area contributed by atoms with Gasteiger partial charge in [0.15, 0.2) is 0 Å². The number of rotatable bonds is 2. The summed E-state index contributed by atoms with van der Waals surface area (Å²) in [6.07, 6.45) is 0. The van der Waals surface area contributed by atoms with E-state index >= 15 is 0 Å². The molecule has 1 rings (SSSR count). The van der Waals surface area contributed by atoms with Crippen molar-refractivity contribution in [2.75, 3.05) is 0 Å². The van der Waals surface area contributed by atoms with Crippen molar-refractivity contribution in [3.05, 3.63) is 40.3 Å². The van der Waals surface area contributed by atoms with E-state index in [0.29, 0.717) is 11.3 Å². The minimum Gasteiger partial charge on any atom is -0.281 e. The highest BCUT2D eigenvalue weighted by Gasteiger charge is 2.04. The van der Waals surface area contributed by atoms with Crippen molar-refractivity contribution in [2.24, 2.45) is 5.11 Å². The SMILES string of the molecule is [N-]=[N+]=Nc1ccccc1C(=O)Br. The van der Waals surface area contributed by atoms with Gasteiger partial charge < -0.3 is 0 Å². The minimum absolute atomic E-state index is 0.287. The molecular formula is C7H4BrN3O. The maximum atomic E-state index is 10.9. The van der Waals surface area contributed by atoms with E-state index in [1.807, 2.05) is 0 Å². The second-order valence-corrected chi connectivity index (χ2v) is 2.70. The monoisotopic (exact) mass is 225 g/mol. The molecule has 0 aliphatic heterocycles. The van der Waals surface area contributed by atoms with Gasteiger partial charge in [-0.3, -0.25) is 4.79 Å². The normalized spacial score (nSPS) is 8.75. The van der Waals surface area contributed by atoms with Crippen LogP contribution in [0.3, 0.4) is 0 Å². The molecule has 1 aromatic carbocycles. The Hall–Kier alpha value is -1.32. The van der Waals surface area contributed by atoms with Crippen LogP contribution in [0.2, 0.25) is 0 Å². The van der Waals surface area contributed by atoms with E-state index in [4.69, 9.17) is 5.53 Å². The van der Waals surface area contributed by atoms with Crippen LogP contribution in [-0.4, -0.2) is 4.69 Å². The highest BCUT2D eigenvalue weighted by Crippen LogP contribution is 2.20. The summed E-state index contributed by atoms with van der Waals surface area (Å²) in [7, 11) is 0. The Balaban J connectivity index is 3.26. The van der Waals surface area contributed by atoms with E-state index in [1.165, 1.54) is 0 Å². The lowest BCUT2D eigenvalue weighted by molar-refractivity contribution is 0.109. The van der Waals surface area contributed by atoms with Crippen LogP contribution < -0.4 is 0 Å². The molecule has 0 aliphatic rings. The summed E-state index contributed by atoms with van der Waals surface area (Å²) < 4.78 is -0.287. The first-order valence-electron chi connectivity index (χ1n) is 3.09. The van der Waals surface area contributed by atoms with Crippen LogP contribution in [0.25, 0.3) is 10.4 Å². The molecule has 0 amide bonds. The summed E-state index contributed by atoms with van der Waals surface area (Å²) >= 11 is 2.78. The summed E-state index contributed by atoms with van der Waals surface area (Å²) in [4.78, 5) is 13.5. The smallest absolute Gasteiger partial charge is 0.228 e. The molecule has 0 N–H and O–H groups in total. The average molecular weight is 226 g/mol. The number of hydrogen-bond acceptors (Lipinski definition) is 2. The van der Waals surface area contributed by atoms with Crippen molar-refractivity contribution < 1.29 is 4.79 Å². The molecule has 0 saturated heterocycles. The van der Waals surface area contributed by atoms with Gasteiger partial charge in [0.1, 0.15) is 0 Å². The molecule has 60 valence electrons. The largest absolute Gasteiger partial charge is 0.281 e. The van der Waals surface area contributed by atoms with Gasteiger partial charge in [0.2, 0.25) is 4.69 Å². The van der Waals surface area contributed by atoms with Gasteiger partial charge >= 0.3 is 0 Å². The van der Waals surface area contributed by atoms with Crippen molar-refractivity contribution >= 4 is 26.3 Å². The van der Waals surface area contributed by atoms with Crippen molar-refractivity contribution in [1.29, 1.82) is 0 Å². The third kappa shape index (κ3) is 1.84. The lowest BCUT2D eigenvalue weighted by atomic mass is 10.2. The standard InChI is InChI=1S/C7H4BrN3O/c8-7(12)5-3-1-2-4-6(5)10-11-9/h1-4H. The molecule has 5 heteroatoms. The maximum absolute atomic E-state index is 10.9. The molecular weight excluding hydrogens is 222 g/mol. The zero-order valence-corrected chi connectivity index (χ0v) is 7.52. The third-order valence-corrected chi connectivity index (χ3v) is 1.70. The fourth-order valence-electron chi connectivity index (χ4n) is 0.775. The van der Waals surface area contributed by atoms with E-state index in [0.717, 1.165) is 0 Å². The van der Waals surface area contributed by atoms with Crippen molar-refractivity contribution in [1.82, 2.24) is 0 Å². The Labute approximate surface area is 77.0 Å². The fraction of sp³-hybridized carbons (Fsp3) is 0. The van der Waals surface area contributed by atoms with Crippen molar-refractivity contribution in [3.63, 3.8) is 0 Å². The molecule has 0 radical (unpaired) electrons. The summed E-state index contributed by atoms with van der Waals surface area (Å²) in [6, 6.07) is 6.56. The predicted octanol–water partition coefficient (Wildman–Crippen LogP) is 3.16. The lowest BCUT2D eigenvalue weighted by Gasteiger charge is -1.96. The van der Waals surface area contributed by atoms with Gasteiger partial charge in [-0.2, -0.15) is 0 Å². The van der Waals surface area contributed by atoms with Crippen LogP contribution >= 0.6 is 15.9 Å². The quantitative estimate of drug-likeness (QED) is 0.330. The van der Waals surface area contributed by atoms with Crippen molar-refractivity contribution in [3.8, 4) is 0 Å². The minimum atomic E-state index is -0.287. The highest BCUT2D eigenvalue weighted by molar-refractivity contribution is 9.18. The molecule has 0 saturated carbocycles. The molecule has 0 aliphatic carbocycles. The Morgan fingerprint density at radius 3 is 2.75 bits per heavy atom. The predicted molar refractivity (Wildman–Crippen MR) is 48.5 cm³/mol. The van der Waals surface area contributed by atoms with Gasteiger partial charge in [-0.15, -0.1) is 0 Å². The van der Waals surface area contributed by atoms with Crippen LogP contribution in [0.15, 0.2) is 29.4 Å². The van der Waals surface area contributed by atoms with E-state index in [9.17, 15) is 4.79 Å². The number of nitrogens with zero attached hydrogens (tertiary/aromatic N) is 3. The number of halogens is 1. The Kier molecular flexibility index (Phi) is 2.85. The summed E-state index contributed by atoms with van der Waals surface area (Å²) in [5.41, 5.74) is 8.86. The first-order valence-corrected chi connectivity index (χ1v) is 3.89. The molecule has 12 heavy (non-hydrogen) atoms. The maximum Gasteiger partial charge on any atom is 0.228 e. The van der Waals surface area contributed by atoms with Gasteiger partial charge in [-0.1, -0.05) is 29.4 Å². The second-order valence-electron chi connectivity index (χ2n) is 1.98.